The summed E-state index contributed by atoms with van der Waals surface area (Å²) in [5, 5.41) is 4.48. The molecule has 2 aliphatic carbocycles. The van der Waals surface area contributed by atoms with Gasteiger partial charge in [-0.25, -0.2) is 4.98 Å². The van der Waals surface area contributed by atoms with E-state index in [0.717, 1.165) is 62.2 Å². The first kappa shape index (κ1) is 20.1. The van der Waals surface area contributed by atoms with E-state index in [2.05, 4.69) is 85.4 Å². The maximum Gasteiger partial charge on any atom is 0.0900 e. The Morgan fingerprint density at radius 3 is 2.58 bits per heavy atom. The van der Waals surface area contributed by atoms with Crippen LogP contribution in [0.1, 0.15) is 19.3 Å². The van der Waals surface area contributed by atoms with Crippen molar-refractivity contribution in [3.8, 4) is 17.1 Å². The van der Waals surface area contributed by atoms with Crippen molar-refractivity contribution < 1.29 is 0 Å². The Balaban J connectivity index is 1.64. The van der Waals surface area contributed by atoms with E-state index in [1.165, 1.54) is 6.42 Å². The number of hydrogen-bond acceptors (Lipinski definition) is 4. The van der Waals surface area contributed by atoms with Crippen LogP contribution in [0.2, 0.25) is 0 Å². The van der Waals surface area contributed by atoms with E-state index in [-0.39, 0.29) is 0 Å². The smallest absolute Gasteiger partial charge is 0.0900 e. The van der Waals surface area contributed by atoms with Gasteiger partial charge in [0, 0.05) is 16.4 Å². The van der Waals surface area contributed by atoms with Crippen LogP contribution >= 0.6 is 15.9 Å². The van der Waals surface area contributed by atoms with Gasteiger partial charge in [-0.15, -0.1) is 0 Å². The van der Waals surface area contributed by atoms with Crippen LogP contribution in [0.15, 0.2) is 94.7 Å². The molecule has 6 rings (SSSR count). The number of aromatic nitrogens is 3. The maximum atomic E-state index is 5.11. The molecule has 1 saturated carbocycles. The van der Waals surface area contributed by atoms with Gasteiger partial charge >= 0.3 is 0 Å². The van der Waals surface area contributed by atoms with Crippen LogP contribution in [0.5, 0.6) is 0 Å². The molecule has 5 nitrogen and oxygen atoms in total. The van der Waals surface area contributed by atoms with Crippen molar-refractivity contribution in [2.24, 2.45) is 4.99 Å². The van der Waals surface area contributed by atoms with Crippen LogP contribution in [-0.4, -0.2) is 20.6 Å². The fraction of sp³-hybridized carbons (Fsp3) is 0.148. The zero-order chi connectivity index (χ0) is 22.2. The van der Waals surface area contributed by atoms with Crippen LogP contribution in [0, 0.1) is 0 Å². The number of para-hydroxylation sites is 2. The third-order valence-electron chi connectivity index (χ3n) is 6.12. The average Bonchev–Trinajstić information content (AvgIpc) is 2.81. The van der Waals surface area contributed by atoms with E-state index in [1.54, 1.807) is 6.20 Å². The van der Waals surface area contributed by atoms with Gasteiger partial charge in [0.15, 0.2) is 0 Å². The Morgan fingerprint density at radius 1 is 0.970 bits per heavy atom. The van der Waals surface area contributed by atoms with Gasteiger partial charge in [-0.2, -0.15) is 0 Å². The molecule has 0 amide bonds. The van der Waals surface area contributed by atoms with Gasteiger partial charge < -0.3 is 9.88 Å². The van der Waals surface area contributed by atoms with Gasteiger partial charge in [-0.1, -0.05) is 28.1 Å². The van der Waals surface area contributed by atoms with Crippen molar-refractivity contribution in [2.45, 2.75) is 25.3 Å². The lowest BCUT2D eigenvalue weighted by atomic mass is 9.94. The zero-order valence-corrected chi connectivity index (χ0v) is 19.5. The van der Waals surface area contributed by atoms with Crippen molar-refractivity contribution in [3.05, 3.63) is 95.0 Å². The number of fused-ring (bicyclic) bond motifs is 2. The number of pyridine rings is 1. The highest BCUT2D eigenvalue weighted by Crippen LogP contribution is 2.31. The summed E-state index contributed by atoms with van der Waals surface area (Å²) >= 11 is 3.56. The largest absolute Gasteiger partial charge is 0.352 e. The molecule has 1 N–H and O–H groups in total. The summed E-state index contributed by atoms with van der Waals surface area (Å²) in [6.07, 6.45) is 7.14. The Hall–Kier alpha value is -3.51. The van der Waals surface area contributed by atoms with Crippen LogP contribution in [0.4, 0.5) is 11.4 Å². The van der Waals surface area contributed by atoms with Crippen molar-refractivity contribution in [1.29, 1.82) is 0 Å². The second-order valence-corrected chi connectivity index (χ2v) is 9.27. The molecule has 0 radical (unpaired) electrons. The number of hydrogen-bond donors (Lipinski definition) is 1. The summed E-state index contributed by atoms with van der Waals surface area (Å²) in [5.41, 5.74) is 6.93. The fourth-order valence-corrected chi connectivity index (χ4v) is 4.49. The van der Waals surface area contributed by atoms with Crippen molar-refractivity contribution in [3.63, 3.8) is 0 Å². The van der Waals surface area contributed by atoms with E-state index in [0.29, 0.717) is 6.04 Å². The molecule has 33 heavy (non-hydrogen) atoms. The molecule has 1 fully saturated rings. The SMILES string of the molecule is Brc1ccc(-n2c3cc(=NC4CCC4)c(Nc4cccnc4)cc-3nc3ccccc32)cc1. The molecular formula is C27H22BrN5. The van der Waals surface area contributed by atoms with E-state index in [9.17, 15) is 0 Å². The molecule has 3 aliphatic rings. The monoisotopic (exact) mass is 495 g/mol. The molecule has 0 atom stereocenters. The van der Waals surface area contributed by atoms with Gasteiger partial charge in [-0.3, -0.25) is 9.98 Å². The van der Waals surface area contributed by atoms with Crippen LogP contribution in [0.25, 0.3) is 28.1 Å². The number of nitrogens with one attached hydrogen (secondary N) is 1. The number of rotatable bonds is 4. The maximum absolute atomic E-state index is 5.11. The number of nitrogens with zero attached hydrogens (tertiary/aromatic N) is 4. The lowest BCUT2D eigenvalue weighted by Crippen LogP contribution is -2.22. The van der Waals surface area contributed by atoms with Crippen molar-refractivity contribution >= 4 is 38.3 Å². The molecule has 3 aromatic rings. The summed E-state index contributed by atoms with van der Waals surface area (Å²) in [5.74, 6) is 0. The molecule has 0 saturated heterocycles. The van der Waals surface area contributed by atoms with Crippen LogP contribution < -0.4 is 10.7 Å². The number of halogens is 1. The molecule has 0 spiro atoms. The third-order valence-corrected chi connectivity index (χ3v) is 6.65. The first-order valence-corrected chi connectivity index (χ1v) is 12.0. The molecule has 1 aromatic heterocycles. The summed E-state index contributed by atoms with van der Waals surface area (Å²) in [6.45, 7) is 0. The van der Waals surface area contributed by atoms with Gasteiger partial charge in [0.1, 0.15) is 0 Å². The highest BCUT2D eigenvalue weighted by molar-refractivity contribution is 9.10. The Bertz CT molecular complexity index is 1470. The molecule has 0 unspecified atom stereocenters. The zero-order valence-electron chi connectivity index (χ0n) is 17.9. The molecule has 2 aromatic carbocycles. The van der Waals surface area contributed by atoms with Gasteiger partial charge in [0.05, 0.1) is 51.4 Å². The summed E-state index contributed by atoms with van der Waals surface area (Å²) in [4.78, 5) is 14.4. The Labute approximate surface area is 200 Å². The Morgan fingerprint density at radius 2 is 1.82 bits per heavy atom. The molecule has 1 aliphatic heterocycles. The average molecular weight is 496 g/mol. The second-order valence-electron chi connectivity index (χ2n) is 8.35. The van der Waals surface area contributed by atoms with Gasteiger partial charge in [0.2, 0.25) is 0 Å². The lowest BCUT2D eigenvalue weighted by Gasteiger charge is -2.23. The van der Waals surface area contributed by atoms with Gasteiger partial charge in [0.25, 0.3) is 0 Å². The molecule has 162 valence electrons. The van der Waals surface area contributed by atoms with E-state index in [1.807, 2.05) is 24.4 Å². The normalized spacial score (nSPS) is 14.5. The van der Waals surface area contributed by atoms with E-state index >= 15 is 0 Å². The predicted octanol–water partition coefficient (Wildman–Crippen LogP) is 6.48. The molecular weight excluding hydrogens is 474 g/mol. The highest BCUT2D eigenvalue weighted by Gasteiger charge is 2.19. The summed E-state index contributed by atoms with van der Waals surface area (Å²) in [7, 11) is 0. The quantitative estimate of drug-likeness (QED) is 0.290. The third kappa shape index (κ3) is 3.91. The lowest BCUT2D eigenvalue weighted by molar-refractivity contribution is 0.413. The van der Waals surface area contributed by atoms with Crippen molar-refractivity contribution in [2.75, 3.05) is 5.32 Å². The Kier molecular flexibility index (Phi) is 5.15. The molecule has 6 heteroatoms. The molecule has 0 bridgehead atoms. The predicted molar refractivity (Wildman–Crippen MR) is 136 cm³/mol. The van der Waals surface area contributed by atoms with Gasteiger partial charge in [-0.05, 0) is 79.9 Å². The minimum absolute atomic E-state index is 0.381. The topological polar surface area (TPSA) is 55.1 Å². The second kappa shape index (κ2) is 8.45. The van der Waals surface area contributed by atoms with E-state index < -0.39 is 0 Å². The van der Waals surface area contributed by atoms with Crippen LogP contribution in [0.3, 0.4) is 0 Å². The first-order chi connectivity index (χ1) is 16.2. The fourth-order valence-electron chi connectivity index (χ4n) is 4.22. The first-order valence-electron chi connectivity index (χ1n) is 11.2. The minimum atomic E-state index is 0.381. The number of anilines is 2. The minimum Gasteiger partial charge on any atom is -0.352 e. The number of benzene rings is 3. The molecule has 2 heterocycles. The van der Waals surface area contributed by atoms with Crippen molar-refractivity contribution in [1.82, 2.24) is 14.5 Å². The summed E-state index contributed by atoms with van der Waals surface area (Å²) in [6, 6.07) is 25.3. The van der Waals surface area contributed by atoms with Crippen LogP contribution in [-0.2, 0) is 0 Å². The standard InChI is InChI=1S/C27H22BrN5/c28-18-10-12-21(13-11-18)33-26-9-2-1-8-22(26)32-25-15-23(31-20-7-4-14-29-17-20)24(16-27(25)33)30-19-5-3-6-19/h1-2,4,7-17,19,31H,3,5-6H2. The van der Waals surface area contributed by atoms with E-state index in [4.69, 9.17) is 9.98 Å². The summed E-state index contributed by atoms with van der Waals surface area (Å²) < 4.78 is 3.33. The highest BCUT2D eigenvalue weighted by atomic mass is 79.9.